The maximum absolute atomic E-state index is 12.4. The van der Waals surface area contributed by atoms with Gasteiger partial charge in [0, 0.05) is 18.1 Å². The molecule has 5 nitrogen and oxygen atoms in total. The zero-order chi connectivity index (χ0) is 15.1. The van der Waals surface area contributed by atoms with E-state index >= 15 is 0 Å². The van der Waals surface area contributed by atoms with Crippen LogP contribution in [0, 0.1) is 0 Å². The van der Waals surface area contributed by atoms with E-state index in [9.17, 15) is 8.42 Å². The van der Waals surface area contributed by atoms with Gasteiger partial charge in [0.2, 0.25) is 0 Å². The minimum absolute atomic E-state index is 0.0429. The zero-order valence-electron chi connectivity index (χ0n) is 12.5. The van der Waals surface area contributed by atoms with E-state index in [2.05, 4.69) is 4.72 Å². The number of nitrogens with one attached hydrogen (secondary N) is 1. The summed E-state index contributed by atoms with van der Waals surface area (Å²) in [5, 5.41) is 0. The zero-order valence-corrected chi connectivity index (χ0v) is 13.3. The van der Waals surface area contributed by atoms with E-state index < -0.39 is 15.7 Å². The Labute approximate surface area is 121 Å². The third-order valence-electron chi connectivity index (χ3n) is 3.21. The van der Waals surface area contributed by atoms with Gasteiger partial charge in [-0.1, -0.05) is 12.1 Å². The van der Waals surface area contributed by atoms with Gasteiger partial charge in [-0.05, 0) is 51.3 Å². The second-order valence-corrected chi connectivity index (χ2v) is 7.95. The first kappa shape index (κ1) is 15.3. The number of benzene rings is 1. The standard InChI is InChI=1S/C14H23N3O2S/c1-10(15)11-5-6-13-12(9-11)7-8-17(13)20(18,19)16-14(2,3)4/h5-6,9-10,16H,7-8,15H2,1-4H3. The Morgan fingerprint density at radius 2 is 2.00 bits per heavy atom. The Hall–Kier alpha value is -1.11. The van der Waals surface area contributed by atoms with E-state index in [1.165, 1.54) is 4.31 Å². The highest BCUT2D eigenvalue weighted by atomic mass is 32.2. The molecule has 0 aromatic heterocycles. The fourth-order valence-electron chi connectivity index (χ4n) is 2.37. The van der Waals surface area contributed by atoms with E-state index in [-0.39, 0.29) is 6.04 Å². The summed E-state index contributed by atoms with van der Waals surface area (Å²) in [7, 11) is -3.51. The van der Waals surface area contributed by atoms with Gasteiger partial charge in [0.15, 0.2) is 0 Å². The third-order valence-corrected chi connectivity index (χ3v) is 5.04. The molecule has 1 atom stereocenters. The lowest BCUT2D eigenvalue weighted by Gasteiger charge is -2.26. The average Bonchev–Trinajstić information content (AvgIpc) is 2.68. The van der Waals surface area contributed by atoms with Crippen LogP contribution in [0.4, 0.5) is 5.69 Å². The number of nitrogens with two attached hydrogens (primary N) is 1. The highest BCUT2D eigenvalue weighted by molar-refractivity contribution is 7.91. The molecule has 20 heavy (non-hydrogen) atoms. The Morgan fingerprint density at radius 1 is 1.35 bits per heavy atom. The Kier molecular flexibility index (Phi) is 3.83. The van der Waals surface area contributed by atoms with Gasteiger partial charge in [0.25, 0.3) is 0 Å². The quantitative estimate of drug-likeness (QED) is 0.891. The van der Waals surface area contributed by atoms with Gasteiger partial charge < -0.3 is 5.73 Å². The first-order chi connectivity index (χ1) is 9.10. The van der Waals surface area contributed by atoms with Crippen LogP contribution in [0.5, 0.6) is 0 Å². The molecular weight excluding hydrogens is 274 g/mol. The van der Waals surface area contributed by atoms with E-state index in [4.69, 9.17) is 5.73 Å². The van der Waals surface area contributed by atoms with Gasteiger partial charge in [0.1, 0.15) is 0 Å². The van der Waals surface area contributed by atoms with Crippen LogP contribution < -0.4 is 14.8 Å². The van der Waals surface area contributed by atoms with Crippen LogP contribution in [0.1, 0.15) is 44.9 Å². The summed E-state index contributed by atoms with van der Waals surface area (Å²) in [5.41, 5.74) is 8.21. The number of fused-ring (bicyclic) bond motifs is 1. The lowest BCUT2D eigenvalue weighted by Crippen LogP contribution is -2.48. The molecule has 2 rings (SSSR count). The summed E-state index contributed by atoms with van der Waals surface area (Å²) in [6.07, 6.45) is 0.723. The van der Waals surface area contributed by atoms with Crippen LogP contribution in [0.3, 0.4) is 0 Å². The van der Waals surface area contributed by atoms with E-state index in [0.29, 0.717) is 6.54 Å². The number of hydrogen-bond acceptors (Lipinski definition) is 3. The van der Waals surface area contributed by atoms with Crippen molar-refractivity contribution in [1.82, 2.24) is 4.72 Å². The predicted molar refractivity (Wildman–Crippen MR) is 81.9 cm³/mol. The molecule has 3 N–H and O–H groups in total. The predicted octanol–water partition coefficient (Wildman–Crippen LogP) is 1.70. The van der Waals surface area contributed by atoms with Crippen molar-refractivity contribution in [2.45, 2.75) is 45.7 Å². The molecule has 0 amide bonds. The van der Waals surface area contributed by atoms with Crippen LogP contribution in [-0.2, 0) is 16.6 Å². The number of rotatable bonds is 3. The molecule has 0 spiro atoms. The molecular formula is C14H23N3O2S. The maximum atomic E-state index is 12.4. The van der Waals surface area contributed by atoms with Gasteiger partial charge >= 0.3 is 10.2 Å². The Bertz CT molecular complexity index is 603. The largest absolute Gasteiger partial charge is 0.324 e. The van der Waals surface area contributed by atoms with Crippen molar-refractivity contribution in [2.24, 2.45) is 5.73 Å². The number of nitrogens with zero attached hydrogens (tertiary/aromatic N) is 1. The van der Waals surface area contributed by atoms with Crippen molar-refractivity contribution in [3.63, 3.8) is 0 Å². The molecule has 1 unspecified atom stereocenters. The molecule has 1 aromatic rings. The minimum atomic E-state index is -3.51. The Morgan fingerprint density at radius 3 is 2.55 bits per heavy atom. The summed E-state index contributed by atoms with van der Waals surface area (Å²) in [6, 6.07) is 5.71. The summed E-state index contributed by atoms with van der Waals surface area (Å²) < 4.78 is 29.0. The van der Waals surface area contributed by atoms with Gasteiger partial charge in [-0.15, -0.1) is 0 Å². The van der Waals surface area contributed by atoms with Crippen molar-refractivity contribution < 1.29 is 8.42 Å². The molecule has 0 saturated heterocycles. The van der Waals surface area contributed by atoms with Gasteiger partial charge in [-0.25, -0.2) is 0 Å². The SMILES string of the molecule is CC(N)c1ccc2c(c1)CCN2S(=O)(=O)NC(C)(C)C. The molecule has 0 radical (unpaired) electrons. The van der Waals surface area contributed by atoms with Crippen LogP contribution in [-0.4, -0.2) is 20.5 Å². The molecule has 0 fully saturated rings. The first-order valence-corrected chi connectivity index (χ1v) is 8.24. The van der Waals surface area contributed by atoms with Crippen LogP contribution in [0.25, 0.3) is 0 Å². The molecule has 6 heteroatoms. The summed E-state index contributed by atoms with van der Waals surface area (Å²) >= 11 is 0. The normalized spacial score (nSPS) is 17.1. The number of hydrogen-bond donors (Lipinski definition) is 2. The molecule has 1 heterocycles. The third kappa shape index (κ3) is 3.13. The fourth-order valence-corrected chi connectivity index (χ4v) is 4.02. The van der Waals surface area contributed by atoms with Crippen molar-refractivity contribution in [2.75, 3.05) is 10.8 Å². The topological polar surface area (TPSA) is 75.4 Å². The first-order valence-electron chi connectivity index (χ1n) is 6.80. The van der Waals surface area contributed by atoms with Crippen molar-refractivity contribution in [3.05, 3.63) is 29.3 Å². The highest BCUT2D eigenvalue weighted by Gasteiger charge is 2.32. The molecule has 112 valence electrons. The van der Waals surface area contributed by atoms with Gasteiger partial charge in [-0.3, -0.25) is 4.31 Å². The molecule has 0 saturated carbocycles. The second-order valence-electron chi connectivity index (χ2n) is 6.36. The highest BCUT2D eigenvalue weighted by Crippen LogP contribution is 2.32. The van der Waals surface area contributed by atoms with Gasteiger partial charge in [0.05, 0.1) is 5.69 Å². The van der Waals surface area contributed by atoms with Crippen molar-refractivity contribution >= 4 is 15.9 Å². The lowest BCUT2D eigenvalue weighted by atomic mass is 10.0. The smallest absolute Gasteiger partial charge is 0.302 e. The monoisotopic (exact) mass is 297 g/mol. The fraction of sp³-hybridized carbons (Fsp3) is 0.571. The Balaban J connectivity index is 2.33. The summed E-state index contributed by atoms with van der Waals surface area (Å²) in [4.78, 5) is 0. The van der Waals surface area contributed by atoms with E-state index in [1.807, 2.05) is 45.9 Å². The minimum Gasteiger partial charge on any atom is -0.324 e. The number of anilines is 1. The molecule has 1 aliphatic heterocycles. The summed E-state index contributed by atoms with van der Waals surface area (Å²) in [5.74, 6) is 0. The molecule has 1 aromatic carbocycles. The molecule has 0 bridgehead atoms. The maximum Gasteiger partial charge on any atom is 0.302 e. The lowest BCUT2D eigenvalue weighted by molar-refractivity contribution is 0.489. The van der Waals surface area contributed by atoms with Gasteiger partial charge in [-0.2, -0.15) is 13.1 Å². The van der Waals surface area contributed by atoms with E-state index in [0.717, 1.165) is 23.2 Å². The van der Waals surface area contributed by atoms with Crippen LogP contribution in [0.15, 0.2) is 18.2 Å². The van der Waals surface area contributed by atoms with E-state index in [1.54, 1.807) is 0 Å². The van der Waals surface area contributed by atoms with Crippen molar-refractivity contribution in [3.8, 4) is 0 Å². The second kappa shape index (κ2) is 5.02. The average molecular weight is 297 g/mol. The van der Waals surface area contributed by atoms with Crippen molar-refractivity contribution in [1.29, 1.82) is 0 Å². The molecule has 0 aliphatic carbocycles. The van der Waals surface area contributed by atoms with Crippen LogP contribution >= 0.6 is 0 Å². The van der Waals surface area contributed by atoms with Crippen LogP contribution in [0.2, 0.25) is 0 Å². The summed E-state index contributed by atoms with van der Waals surface area (Å²) in [6.45, 7) is 7.90. The molecule has 1 aliphatic rings.